The molecular formula is C13H25N3O2. The molecule has 5 nitrogen and oxygen atoms in total. The van der Waals surface area contributed by atoms with Crippen LogP contribution in [-0.4, -0.2) is 75.2 Å². The number of hydrogen-bond acceptors (Lipinski definition) is 4. The molecule has 1 N–H and O–H groups in total. The normalized spacial score (nSPS) is 32.9. The number of carbonyl (C=O) groups is 1. The Kier molecular flexibility index (Phi) is 4.59. The van der Waals surface area contributed by atoms with Crippen molar-refractivity contribution in [3.8, 4) is 0 Å². The first-order valence-electron chi connectivity index (χ1n) is 6.80. The van der Waals surface area contributed by atoms with Crippen molar-refractivity contribution in [2.24, 2.45) is 5.92 Å². The van der Waals surface area contributed by atoms with E-state index in [0.29, 0.717) is 5.92 Å². The topological polar surface area (TPSA) is 44.8 Å². The molecule has 2 aliphatic heterocycles. The number of likely N-dealkylation sites (tertiary alicyclic amines) is 1. The van der Waals surface area contributed by atoms with Crippen molar-refractivity contribution >= 4 is 5.91 Å². The molecule has 5 heteroatoms. The molecule has 2 fully saturated rings. The van der Waals surface area contributed by atoms with Gasteiger partial charge in [-0.25, -0.2) is 0 Å². The molecule has 0 bridgehead atoms. The Morgan fingerprint density at radius 2 is 2.33 bits per heavy atom. The molecule has 3 atom stereocenters. The lowest BCUT2D eigenvalue weighted by Crippen LogP contribution is -2.43. The third-order valence-corrected chi connectivity index (χ3v) is 4.12. The maximum absolute atomic E-state index is 12.3. The van der Waals surface area contributed by atoms with Gasteiger partial charge in [-0.3, -0.25) is 4.79 Å². The van der Waals surface area contributed by atoms with E-state index < -0.39 is 0 Å². The second kappa shape index (κ2) is 5.99. The third-order valence-electron chi connectivity index (χ3n) is 4.12. The van der Waals surface area contributed by atoms with E-state index in [-0.39, 0.29) is 18.1 Å². The highest BCUT2D eigenvalue weighted by Crippen LogP contribution is 2.17. The summed E-state index contributed by atoms with van der Waals surface area (Å²) in [7, 11) is 5.77. The van der Waals surface area contributed by atoms with E-state index in [1.54, 1.807) is 7.11 Å². The van der Waals surface area contributed by atoms with Crippen LogP contribution in [0, 0.1) is 5.92 Å². The van der Waals surface area contributed by atoms with Crippen LogP contribution in [0.2, 0.25) is 0 Å². The Morgan fingerprint density at radius 1 is 1.56 bits per heavy atom. The highest BCUT2D eigenvalue weighted by Gasteiger charge is 2.32. The van der Waals surface area contributed by atoms with Gasteiger partial charge in [0.25, 0.3) is 0 Å². The maximum atomic E-state index is 12.3. The van der Waals surface area contributed by atoms with E-state index in [2.05, 4.69) is 17.3 Å². The minimum Gasteiger partial charge on any atom is -0.380 e. The molecule has 0 radical (unpaired) electrons. The average Bonchev–Trinajstić information content (AvgIpc) is 2.97. The van der Waals surface area contributed by atoms with Crippen molar-refractivity contribution in [3.63, 3.8) is 0 Å². The van der Waals surface area contributed by atoms with Crippen LogP contribution in [0.25, 0.3) is 0 Å². The van der Waals surface area contributed by atoms with Gasteiger partial charge in [-0.1, -0.05) is 0 Å². The van der Waals surface area contributed by atoms with E-state index in [1.807, 2.05) is 11.9 Å². The molecule has 2 aliphatic rings. The molecule has 0 aromatic heterocycles. The smallest absolute Gasteiger partial charge is 0.239 e. The van der Waals surface area contributed by atoms with Crippen molar-refractivity contribution in [2.45, 2.75) is 25.0 Å². The molecule has 0 aliphatic carbocycles. The molecule has 0 spiro atoms. The molecule has 2 heterocycles. The fourth-order valence-electron chi connectivity index (χ4n) is 2.99. The minimum atomic E-state index is -0.0564. The van der Waals surface area contributed by atoms with Gasteiger partial charge < -0.3 is 19.9 Å². The van der Waals surface area contributed by atoms with E-state index in [0.717, 1.165) is 32.6 Å². The van der Waals surface area contributed by atoms with E-state index >= 15 is 0 Å². The summed E-state index contributed by atoms with van der Waals surface area (Å²) in [5.41, 5.74) is 0. The number of likely N-dealkylation sites (N-methyl/N-ethyl adjacent to an activating group) is 1. The molecule has 2 saturated heterocycles. The Hall–Kier alpha value is -0.650. The van der Waals surface area contributed by atoms with Crippen molar-refractivity contribution in [3.05, 3.63) is 0 Å². The summed E-state index contributed by atoms with van der Waals surface area (Å²) in [5.74, 6) is 0.840. The van der Waals surface area contributed by atoms with Gasteiger partial charge in [-0.05, 0) is 32.4 Å². The number of methoxy groups -OCH3 is 1. The Labute approximate surface area is 109 Å². The summed E-state index contributed by atoms with van der Waals surface area (Å²) in [6.07, 6.45) is 2.18. The molecule has 0 aromatic rings. The molecule has 1 amide bonds. The van der Waals surface area contributed by atoms with E-state index in [1.165, 1.54) is 6.42 Å². The first-order chi connectivity index (χ1) is 8.60. The van der Waals surface area contributed by atoms with Gasteiger partial charge in [0, 0.05) is 33.8 Å². The minimum absolute atomic E-state index is 0.0564. The zero-order valence-corrected chi connectivity index (χ0v) is 11.7. The maximum Gasteiger partial charge on any atom is 0.239 e. The lowest BCUT2D eigenvalue weighted by Gasteiger charge is -2.24. The monoisotopic (exact) mass is 255 g/mol. The van der Waals surface area contributed by atoms with Crippen LogP contribution in [0.4, 0.5) is 0 Å². The standard InChI is InChI=1S/C13H25N3O2/c1-15-5-4-10(8-15)9-16(2)13(17)12-6-11(18-3)7-14-12/h10-12,14H,4-9H2,1-3H3. The number of ether oxygens (including phenoxy) is 1. The summed E-state index contributed by atoms with van der Waals surface area (Å²) in [4.78, 5) is 16.5. The van der Waals surface area contributed by atoms with Crippen LogP contribution in [-0.2, 0) is 9.53 Å². The first-order valence-corrected chi connectivity index (χ1v) is 6.80. The summed E-state index contributed by atoms with van der Waals surface area (Å²) < 4.78 is 5.28. The molecule has 18 heavy (non-hydrogen) atoms. The highest BCUT2D eigenvalue weighted by atomic mass is 16.5. The number of hydrogen-bond donors (Lipinski definition) is 1. The van der Waals surface area contributed by atoms with Gasteiger partial charge in [-0.2, -0.15) is 0 Å². The van der Waals surface area contributed by atoms with Crippen LogP contribution >= 0.6 is 0 Å². The number of amides is 1. The Morgan fingerprint density at radius 3 is 2.89 bits per heavy atom. The summed E-state index contributed by atoms with van der Waals surface area (Å²) >= 11 is 0. The van der Waals surface area contributed by atoms with Crippen LogP contribution in [0.1, 0.15) is 12.8 Å². The lowest BCUT2D eigenvalue weighted by atomic mass is 10.1. The van der Waals surface area contributed by atoms with Crippen molar-refractivity contribution in [1.82, 2.24) is 15.1 Å². The van der Waals surface area contributed by atoms with E-state index in [9.17, 15) is 4.79 Å². The lowest BCUT2D eigenvalue weighted by molar-refractivity contribution is -0.132. The zero-order valence-electron chi connectivity index (χ0n) is 11.7. The second-order valence-corrected chi connectivity index (χ2v) is 5.69. The quantitative estimate of drug-likeness (QED) is 0.754. The number of rotatable bonds is 4. The molecule has 3 unspecified atom stereocenters. The highest BCUT2D eigenvalue weighted by molar-refractivity contribution is 5.82. The molecule has 0 saturated carbocycles. The van der Waals surface area contributed by atoms with Crippen molar-refractivity contribution in [2.75, 3.05) is 47.4 Å². The first kappa shape index (κ1) is 13.8. The van der Waals surface area contributed by atoms with E-state index in [4.69, 9.17) is 4.74 Å². The van der Waals surface area contributed by atoms with Gasteiger partial charge in [0.15, 0.2) is 0 Å². The number of carbonyl (C=O) groups excluding carboxylic acids is 1. The predicted octanol–water partition coefficient (Wildman–Crippen LogP) is -0.227. The summed E-state index contributed by atoms with van der Waals surface area (Å²) in [6.45, 7) is 3.92. The van der Waals surface area contributed by atoms with Crippen LogP contribution in [0.3, 0.4) is 0 Å². The molecule has 104 valence electrons. The van der Waals surface area contributed by atoms with Crippen molar-refractivity contribution in [1.29, 1.82) is 0 Å². The molecule has 0 aromatic carbocycles. The summed E-state index contributed by atoms with van der Waals surface area (Å²) in [5, 5.41) is 3.25. The van der Waals surface area contributed by atoms with Gasteiger partial charge in [-0.15, -0.1) is 0 Å². The Balaban J connectivity index is 1.78. The van der Waals surface area contributed by atoms with Gasteiger partial charge in [0.2, 0.25) is 5.91 Å². The zero-order chi connectivity index (χ0) is 13.1. The summed E-state index contributed by atoms with van der Waals surface area (Å²) in [6, 6.07) is -0.0564. The predicted molar refractivity (Wildman–Crippen MR) is 70.4 cm³/mol. The van der Waals surface area contributed by atoms with Crippen LogP contribution in [0.15, 0.2) is 0 Å². The van der Waals surface area contributed by atoms with Gasteiger partial charge >= 0.3 is 0 Å². The SMILES string of the molecule is COC1CNC(C(=O)N(C)CC2CCN(C)C2)C1. The third kappa shape index (κ3) is 3.22. The average molecular weight is 255 g/mol. The fourth-order valence-corrected chi connectivity index (χ4v) is 2.99. The van der Waals surface area contributed by atoms with Gasteiger partial charge in [0.1, 0.15) is 0 Å². The van der Waals surface area contributed by atoms with Crippen LogP contribution < -0.4 is 5.32 Å². The number of nitrogens with one attached hydrogen (secondary N) is 1. The Bertz CT molecular complexity index is 298. The molecule has 2 rings (SSSR count). The number of nitrogens with zero attached hydrogens (tertiary/aromatic N) is 2. The fraction of sp³-hybridized carbons (Fsp3) is 0.923. The van der Waals surface area contributed by atoms with Gasteiger partial charge in [0.05, 0.1) is 12.1 Å². The molecular weight excluding hydrogens is 230 g/mol. The van der Waals surface area contributed by atoms with Crippen molar-refractivity contribution < 1.29 is 9.53 Å². The largest absolute Gasteiger partial charge is 0.380 e. The second-order valence-electron chi connectivity index (χ2n) is 5.69. The van der Waals surface area contributed by atoms with Crippen LogP contribution in [0.5, 0.6) is 0 Å².